The smallest absolute Gasteiger partial charge is 0.112 e. The fourth-order valence-electron chi connectivity index (χ4n) is 1.27. The molecule has 0 N–H and O–H groups in total. The van der Waals surface area contributed by atoms with E-state index in [0.717, 1.165) is 10.4 Å². The maximum atomic E-state index is 5.00. The Labute approximate surface area is 85.0 Å². The number of ether oxygens (including phenoxy) is 1. The van der Waals surface area contributed by atoms with E-state index in [1.807, 2.05) is 6.08 Å². The van der Waals surface area contributed by atoms with Crippen molar-refractivity contribution in [3.8, 4) is 0 Å². The van der Waals surface area contributed by atoms with Gasteiger partial charge >= 0.3 is 0 Å². The second-order valence-electron chi connectivity index (χ2n) is 3.45. The molecule has 1 rings (SSSR count). The van der Waals surface area contributed by atoms with Crippen LogP contribution in [0.1, 0.15) is 11.1 Å². The van der Waals surface area contributed by atoms with Crippen molar-refractivity contribution in [2.45, 2.75) is 13.8 Å². The number of allylic oxidation sites excluding steroid dienone is 1. The summed E-state index contributed by atoms with van der Waals surface area (Å²) in [6.07, 6.45) is 1.90. The maximum Gasteiger partial charge on any atom is 0.112 e. The summed E-state index contributed by atoms with van der Waals surface area (Å²) in [5.41, 5.74) is 2.52. The summed E-state index contributed by atoms with van der Waals surface area (Å²) in [6.45, 7) is 11.9. The first-order valence-electron chi connectivity index (χ1n) is 4.55. The standard InChI is InChI=1S/C13H16O/c1-9-6-11(3)13(7-10(9)2)8-12(4)14-5/h6-8H,3-4H2,1-2,5H3/b13-8-. The molecule has 0 atom stereocenters. The van der Waals surface area contributed by atoms with Crippen molar-refractivity contribution in [1.82, 2.24) is 0 Å². The Morgan fingerprint density at radius 3 is 2.43 bits per heavy atom. The monoisotopic (exact) mass is 188 g/mol. The Bertz CT molecular complexity index is 455. The van der Waals surface area contributed by atoms with Gasteiger partial charge in [-0.05, 0) is 41.5 Å². The van der Waals surface area contributed by atoms with Crippen LogP contribution in [0.25, 0.3) is 12.7 Å². The molecule has 14 heavy (non-hydrogen) atoms. The third-order valence-electron chi connectivity index (χ3n) is 2.33. The molecule has 0 saturated heterocycles. The molecule has 0 saturated carbocycles. The molecule has 0 aliphatic rings. The molecule has 0 aromatic heterocycles. The molecular formula is C13H16O. The van der Waals surface area contributed by atoms with Crippen LogP contribution in [0.5, 0.6) is 0 Å². The molecule has 0 spiro atoms. The Morgan fingerprint density at radius 1 is 1.29 bits per heavy atom. The van der Waals surface area contributed by atoms with E-state index in [-0.39, 0.29) is 0 Å². The second-order valence-corrected chi connectivity index (χ2v) is 3.45. The summed E-state index contributed by atoms with van der Waals surface area (Å²) in [6, 6.07) is 4.17. The third-order valence-corrected chi connectivity index (χ3v) is 2.33. The fraction of sp³-hybridized carbons (Fsp3) is 0.231. The first-order chi connectivity index (χ1) is 6.54. The van der Waals surface area contributed by atoms with Gasteiger partial charge in [0.15, 0.2) is 0 Å². The van der Waals surface area contributed by atoms with Crippen LogP contribution in [0, 0.1) is 13.8 Å². The van der Waals surface area contributed by atoms with E-state index < -0.39 is 0 Å². The Morgan fingerprint density at radius 2 is 1.86 bits per heavy atom. The summed E-state index contributed by atoms with van der Waals surface area (Å²) >= 11 is 0. The topological polar surface area (TPSA) is 9.23 Å². The van der Waals surface area contributed by atoms with E-state index in [0.29, 0.717) is 5.76 Å². The maximum absolute atomic E-state index is 5.00. The molecule has 0 aliphatic heterocycles. The Hall–Kier alpha value is -1.50. The van der Waals surface area contributed by atoms with E-state index in [1.165, 1.54) is 11.1 Å². The van der Waals surface area contributed by atoms with Crippen molar-refractivity contribution in [2.24, 2.45) is 0 Å². The van der Waals surface area contributed by atoms with Crippen LogP contribution in [0.2, 0.25) is 0 Å². The highest BCUT2D eigenvalue weighted by Gasteiger charge is 1.93. The second kappa shape index (κ2) is 4.14. The molecule has 0 aliphatic carbocycles. The number of hydrogen-bond donors (Lipinski definition) is 0. The molecule has 1 aromatic carbocycles. The molecule has 1 aromatic rings. The molecule has 1 nitrogen and oxygen atoms in total. The van der Waals surface area contributed by atoms with Gasteiger partial charge < -0.3 is 4.74 Å². The molecule has 0 fully saturated rings. The minimum absolute atomic E-state index is 0.651. The zero-order valence-corrected chi connectivity index (χ0v) is 9.05. The number of benzene rings is 1. The van der Waals surface area contributed by atoms with Crippen molar-refractivity contribution in [1.29, 1.82) is 0 Å². The van der Waals surface area contributed by atoms with Crippen molar-refractivity contribution in [2.75, 3.05) is 7.11 Å². The van der Waals surface area contributed by atoms with Crippen LogP contribution in [0.4, 0.5) is 0 Å². The van der Waals surface area contributed by atoms with Gasteiger partial charge in [0, 0.05) is 0 Å². The van der Waals surface area contributed by atoms with Gasteiger partial charge in [-0.2, -0.15) is 0 Å². The third kappa shape index (κ3) is 2.25. The first kappa shape index (κ1) is 10.6. The summed E-state index contributed by atoms with van der Waals surface area (Å²) < 4.78 is 5.00. The van der Waals surface area contributed by atoms with Crippen LogP contribution in [0.3, 0.4) is 0 Å². The Kier molecular flexibility index (Phi) is 3.13. The largest absolute Gasteiger partial charge is 0.497 e. The molecule has 0 radical (unpaired) electrons. The Balaban J connectivity index is 3.37. The molecular weight excluding hydrogens is 172 g/mol. The highest BCUT2D eigenvalue weighted by molar-refractivity contribution is 5.43. The zero-order chi connectivity index (χ0) is 10.7. The van der Waals surface area contributed by atoms with Crippen LogP contribution in [-0.2, 0) is 4.74 Å². The van der Waals surface area contributed by atoms with Gasteiger partial charge in [0.25, 0.3) is 0 Å². The van der Waals surface area contributed by atoms with E-state index >= 15 is 0 Å². The SMILES string of the molecule is C=C(/C=c1/cc(C)c(C)cc1=C)OC. The molecule has 0 unspecified atom stereocenters. The van der Waals surface area contributed by atoms with Crippen LogP contribution >= 0.6 is 0 Å². The number of hydrogen-bond acceptors (Lipinski definition) is 1. The lowest BCUT2D eigenvalue weighted by molar-refractivity contribution is 0.315. The zero-order valence-electron chi connectivity index (χ0n) is 9.05. The molecule has 74 valence electrons. The van der Waals surface area contributed by atoms with Crippen molar-refractivity contribution >= 4 is 12.7 Å². The predicted octanol–water partition coefficient (Wildman–Crippen LogP) is 1.65. The quantitative estimate of drug-likeness (QED) is 0.641. The summed E-state index contributed by atoms with van der Waals surface area (Å²) in [5.74, 6) is 0.651. The van der Waals surface area contributed by atoms with Crippen molar-refractivity contribution in [3.05, 3.63) is 46.0 Å². The van der Waals surface area contributed by atoms with E-state index in [2.05, 4.69) is 39.1 Å². The predicted molar refractivity (Wildman–Crippen MR) is 61.3 cm³/mol. The molecule has 1 heteroatoms. The molecule has 0 heterocycles. The van der Waals surface area contributed by atoms with E-state index in [9.17, 15) is 0 Å². The lowest BCUT2D eigenvalue weighted by atomic mass is 10.1. The minimum Gasteiger partial charge on any atom is -0.497 e. The van der Waals surface area contributed by atoms with Gasteiger partial charge in [0.2, 0.25) is 0 Å². The average molecular weight is 188 g/mol. The summed E-state index contributed by atoms with van der Waals surface area (Å²) in [7, 11) is 1.61. The van der Waals surface area contributed by atoms with E-state index in [1.54, 1.807) is 7.11 Å². The van der Waals surface area contributed by atoms with Crippen LogP contribution in [-0.4, -0.2) is 7.11 Å². The van der Waals surface area contributed by atoms with Gasteiger partial charge in [-0.1, -0.05) is 25.3 Å². The van der Waals surface area contributed by atoms with Crippen LogP contribution < -0.4 is 10.4 Å². The minimum atomic E-state index is 0.651. The van der Waals surface area contributed by atoms with Crippen LogP contribution in [0.15, 0.2) is 24.5 Å². The number of rotatable bonds is 2. The highest BCUT2D eigenvalue weighted by Crippen LogP contribution is 1.98. The van der Waals surface area contributed by atoms with Gasteiger partial charge in [0.05, 0.1) is 7.11 Å². The van der Waals surface area contributed by atoms with Crippen molar-refractivity contribution in [3.63, 3.8) is 0 Å². The highest BCUT2D eigenvalue weighted by atomic mass is 16.5. The average Bonchev–Trinajstić information content (AvgIpc) is 2.14. The van der Waals surface area contributed by atoms with Gasteiger partial charge in [-0.3, -0.25) is 0 Å². The normalized spacial score (nSPS) is 11.5. The number of methoxy groups -OCH3 is 1. The molecule has 0 bridgehead atoms. The fourth-order valence-corrected chi connectivity index (χ4v) is 1.27. The number of aryl methyl sites for hydroxylation is 2. The van der Waals surface area contributed by atoms with Crippen molar-refractivity contribution < 1.29 is 4.74 Å². The van der Waals surface area contributed by atoms with Gasteiger partial charge in [-0.25, -0.2) is 0 Å². The van der Waals surface area contributed by atoms with Gasteiger partial charge in [0.1, 0.15) is 5.76 Å². The lowest BCUT2D eigenvalue weighted by Gasteiger charge is -2.00. The summed E-state index contributed by atoms with van der Waals surface area (Å²) in [4.78, 5) is 0. The first-order valence-corrected chi connectivity index (χ1v) is 4.55. The summed E-state index contributed by atoms with van der Waals surface area (Å²) in [5, 5.41) is 2.08. The molecule has 0 amide bonds. The lowest BCUT2D eigenvalue weighted by Crippen LogP contribution is -2.24. The van der Waals surface area contributed by atoms with E-state index in [4.69, 9.17) is 4.74 Å². The van der Waals surface area contributed by atoms with Gasteiger partial charge in [-0.15, -0.1) is 0 Å².